The number of carbonyl (C=O) groups excluding carboxylic acids is 1. The van der Waals surface area contributed by atoms with E-state index < -0.39 is 4.92 Å². The number of rotatable bonds is 4. The molecule has 6 nitrogen and oxygen atoms in total. The van der Waals surface area contributed by atoms with Gasteiger partial charge in [0.1, 0.15) is 0 Å². The summed E-state index contributed by atoms with van der Waals surface area (Å²) in [4.78, 5) is 26.4. The minimum Gasteiger partial charge on any atom is -0.351 e. The van der Waals surface area contributed by atoms with Gasteiger partial charge >= 0.3 is 0 Å². The molecule has 0 fully saturated rings. The Labute approximate surface area is 130 Å². The monoisotopic (exact) mass is 325 g/mol. The third-order valence-electron chi connectivity index (χ3n) is 2.40. The number of thioether (sulfide) groups is 1. The third-order valence-corrected chi connectivity index (χ3v) is 4.57. The van der Waals surface area contributed by atoms with Gasteiger partial charge in [-0.1, -0.05) is 11.8 Å². The molecule has 21 heavy (non-hydrogen) atoms. The number of nitrogens with one attached hydrogen (secondary N) is 1. The standard InChI is InChI=1S/C13H15N3O3S2/c1-13(2,3)15-11(17)7-20-12-14-9-5-4-8(16(18)19)6-10(9)21-12/h4-6H,7H2,1-3H3,(H,15,17). The summed E-state index contributed by atoms with van der Waals surface area (Å²) in [5.74, 6) is 0.219. The Kier molecular flexibility index (Phi) is 4.48. The fourth-order valence-corrected chi connectivity index (χ4v) is 3.55. The van der Waals surface area contributed by atoms with E-state index in [2.05, 4.69) is 10.3 Å². The van der Waals surface area contributed by atoms with E-state index >= 15 is 0 Å². The molecule has 0 atom stereocenters. The fraction of sp³-hybridized carbons (Fsp3) is 0.385. The van der Waals surface area contributed by atoms with Gasteiger partial charge in [0, 0.05) is 17.7 Å². The van der Waals surface area contributed by atoms with Gasteiger partial charge in [-0.05, 0) is 26.8 Å². The van der Waals surface area contributed by atoms with Gasteiger partial charge in [0.05, 0.1) is 20.9 Å². The number of nitro benzene ring substituents is 1. The Bertz CT molecular complexity index is 692. The van der Waals surface area contributed by atoms with Crippen molar-refractivity contribution in [3.05, 3.63) is 28.3 Å². The Morgan fingerprint density at radius 3 is 2.81 bits per heavy atom. The smallest absolute Gasteiger partial charge is 0.270 e. The van der Waals surface area contributed by atoms with Crippen LogP contribution in [0.4, 0.5) is 5.69 Å². The Hall–Kier alpha value is -1.67. The van der Waals surface area contributed by atoms with E-state index in [0.717, 1.165) is 9.04 Å². The third kappa shape index (κ3) is 4.40. The first kappa shape index (κ1) is 15.7. The summed E-state index contributed by atoms with van der Waals surface area (Å²) in [7, 11) is 0. The number of fused-ring (bicyclic) bond motifs is 1. The highest BCUT2D eigenvalue weighted by Crippen LogP contribution is 2.31. The van der Waals surface area contributed by atoms with Crippen LogP contribution < -0.4 is 5.32 Å². The minimum atomic E-state index is -0.428. The van der Waals surface area contributed by atoms with Gasteiger partial charge < -0.3 is 5.32 Å². The van der Waals surface area contributed by atoms with Crippen LogP contribution in [0.15, 0.2) is 22.5 Å². The number of hydrogen-bond donors (Lipinski definition) is 1. The molecule has 0 aliphatic carbocycles. The van der Waals surface area contributed by atoms with E-state index in [1.807, 2.05) is 20.8 Å². The average molecular weight is 325 g/mol. The number of aromatic nitrogens is 1. The van der Waals surface area contributed by atoms with Crippen LogP contribution in [0, 0.1) is 10.1 Å². The molecule has 0 spiro atoms. The van der Waals surface area contributed by atoms with Gasteiger partial charge in [0.2, 0.25) is 5.91 Å². The van der Waals surface area contributed by atoms with Crippen LogP contribution >= 0.6 is 23.1 Å². The van der Waals surface area contributed by atoms with Crippen molar-refractivity contribution in [2.75, 3.05) is 5.75 Å². The van der Waals surface area contributed by atoms with Crippen LogP contribution in [0.1, 0.15) is 20.8 Å². The molecule has 0 bridgehead atoms. The Morgan fingerprint density at radius 2 is 2.19 bits per heavy atom. The number of benzene rings is 1. The van der Waals surface area contributed by atoms with Gasteiger partial charge in [0.15, 0.2) is 4.34 Å². The highest BCUT2D eigenvalue weighted by Gasteiger charge is 2.15. The van der Waals surface area contributed by atoms with Crippen molar-refractivity contribution >= 4 is 44.9 Å². The summed E-state index contributed by atoms with van der Waals surface area (Å²) < 4.78 is 1.48. The predicted octanol–water partition coefficient (Wildman–Crippen LogP) is 3.21. The second-order valence-electron chi connectivity index (χ2n) is 5.48. The van der Waals surface area contributed by atoms with E-state index in [1.165, 1.54) is 35.2 Å². The number of nitrogens with zero attached hydrogens (tertiary/aromatic N) is 2. The highest BCUT2D eigenvalue weighted by atomic mass is 32.2. The minimum absolute atomic E-state index is 0.0492. The average Bonchev–Trinajstić information content (AvgIpc) is 2.75. The molecule has 0 aliphatic heterocycles. The van der Waals surface area contributed by atoms with Crippen molar-refractivity contribution in [1.29, 1.82) is 0 Å². The molecule has 0 unspecified atom stereocenters. The molecule has 1 aromatic carbocycles. The van der Waals surface area contributed by atoms with Crippen LogP contribution in [0.25, 0.3) is 10.2 Å². The first-order valence-corrected chi connectivity index (χ1v) is 8.03. The molecule has 1 N–H and O–H groups in total. The van der Waals surface area contributed by atoms with E-state index in [4.69, 9.17) is 0 Å². The van der Waals surface area contributed by atoms with Crippen molar-refractivity contribution in [2.24, 2.45) is 0 Å². The number of thiazole rings is 1. The Balaban J connectivity index is 2.06. The number of carbonyl (C=O) groups is 1. The lowest BCUT2D eigenvalue weighted by Gasteiger charge is -2.19. The van der Waals surface area contributed by atoms with Crippen molar-refractivity contribution < 1.29 is 9.72 Å². The fourth-order valence-electron chi connectivity index (χ4n) is 1.65. The SMILES string of the molecule is CC(C)(C)NC(=O)CSc1nc2ccc([N+](=O)[O-])cc2s1. The second-order valence-corrected chi connectivity index (χ2v) is 7.73. The summed E-state index contributed by atoms with van der Waals surface area (Å²) >= 11 is 2.69. The summed E-state index contributed by atoms with van der Waals surface area (Å²) in [6.07, 6.45) is 0. The maximum atomic E-state index is 11.7. The molecular weight excluding hydrogens is 310 g/mol. The van der Waals surface area contributed by atoms with Crippen molar-refractivity contribution in [1.82, 2.24) is 10.3 Å². The van der Waals surface area contributed by atoms with Crippen molar-refractivity contribution in [2.45, 2.75) is 30.6 Å². The molecule has 8 heteroatoms. The van der Waals surface area contributed by atoms with Crippen LogP contribution in [-0.2, 0) is 4.79 Å². The molecule has 112 valence electrons. The van der Waals surface area contributed by atoms with Crippen LogP contribution in [0.3, 0.4) is 0 Å². The quantitative estimate of drug-likeness (QED) is 0.530. The molecule has 2 aromatic rings. The number of amides is 1. The van der Waals surface area contributed by atoms with E-state index in [9.17, 15) is 14.9 Å². The summed E-state index contributed by atoms with van der Waals surface area (Å²) in [6.45, 7) is 5.77. The maximum absolute atomic E-state index is 11.7. The lowest BCUT2D eigenvalue weighted by atomic mass is 10.1. The molecular formula is C13H15N3O3S2. The molecule has 0 radical (unpaired) electrons. The lowest BCUT2D eigenvalue weighted by Crippen LogP contribution is -2.41. The summed E-state index contributed by atoms with van der Waals surface area (Å²) in [6, 6.07) is 4.57. The molecule has 0 saturated heterocycles. The van der Waals surface area contributed by atoms with E-state index in [1.54, 1.807) is 6.07 Å². The topological polar surface area (TPSA) is 85.1 Å². The second kappa shape index (κ2) is 5.98. The number of nitro groups is 1. The summed E-state index contributed by atoms with van der Waals surface area (Å²) in [5, 5.41) is 13.6. The Morgan fingerprint density at radius 1 is 1.48 bits per heavy atom. The normalized spacial score (nSPS) is 11.6. The predicted molar refractivity (Wildman–Crippen MR) is 84.9 cm³/mol. The van der Waals surface area contributed by atoms with Gasteiger partial charge in [-0.15, -0.1) is 11.3 Å². The van der Waals surface area contributed by atoms with E-state index in [0.29, 0.717) is 5.52 Å². The van der Waals surface area contributed by atoms with Crippen molar-refractivity contribution in [3.8, 4) is 0 Å². The van der Waals surface area contributed by atoms with Crippen molar-refractivity contribution in [3.63, 3.8) is 0 Å². The maximum Gasteiger partial charge on any atom is 0.270 e. The lowest BCUT2D eigenvalue weighted by molar-refractivity contribution is -0.384. The number of non-ortho nitro benzene ring substituents is 1. The van der Waals surface area contributed by atoms with Crippen LogP contribution in [0.5, 0.6) is 0 Å². The first-order chi connectivity index (χ1) is 9.74. The zero-order valence-corrected chi connectivity index (χ0v) is 13.5. The molecule has 1 heterocycles. The summed E-state index contributed by atoms with van der Waals surface area (Å²) in [5.41, 5.74) is 0.503. The highest BCUT2D eigenvalue weighted by molar-refractivity contribution is 8.01. The molecule has 0 aliphatic rings. The van der Waals surface area contributed by atoms with Gasteiger partial charge in [-0.3, -0.25) is 14.9 Å². The van der Waals surface area contributed by atoms with Gasteiger partial charge in [-0.2, -0.15) is 0 Å². The zero-order chi connectivity index (χ0) is 15.6. The van der Waals surface area contributed by atoms with Crippen LogP contribution in [-0.4, -0.2) is 27.1 Å². The molecule has 2 rings (SSSR count). The van der Waals surface area contributed by atoms with E-state index in [-0.39, 0.29) is 22.9 Å². The molecule has 1 aromatic heterocycles. The molecule has 0 saturated carbocycles. The zero-order valence-electron chi connectivity index (χ0n) is 11.9. The van der Waals surface area contributed by atoms with Gasteiger partial charge in [-0.25, -0.2) is 4.98 Å². The largest absolute Gasteiger partial charge is 0.351 e. The number of hydrogen-bond acceptors (Lipinski definition) is 6. The molecule has 1 amide bonds. The van der Waals surface area contributed by atoms with Crippen LogP contribution in [0.2, 0.25) is 0 Å². The van der Waals surface area contributed by atoms with Gasteiger partial charge in [0.25, 0.3) is 5.69 Å². The first-order valence-electron chi connectivity index (χ1n) is 6.23.